The molecule has 2 rings (SSSR count). The van der Waals surface area contributed by atoms with Gasteiger partial charge in [0.2, 0.25) is 0 Å². The highest BCUT2D eigenvalue weighted by Crippen LogP contribution is 2.34. The zero-order valence-electron chi connectivity index (χ0n) is 13.3. The predicted molar refractivity (Wildman–Crippen MR) is 90.6 cm³/mol. The molecule has 1 saturated heterocycles. The molecule has 0 aliphatic carbocycles. The molecule has 0 spiro atoms. The average molecular weight is 323 g/mol. The summed E-state index contributed by atoms with van der Waals surface area (Å²) in [5.41, 5.74) is 1.22. The maximum Gasteiger partial charge on any atom is 0.251 e. The zero-order valence-corrected chi connectivity index (χ0v) is 14.1. The minimum atomic E-state index is -0.852. The van der Waals surface area contributed by atoms with Crippen LogP contribution in [0, 0.1) is 0 Å². The van der Waals surface area contributed by atoms with E-state index in [4.69, 9.17) is 4.74 Å². The molecule has 4 nitrogen and oxygen atoms in total. The molecule has 22 heavy (non-hydrogen) atoms. The molecule has 122 valence electrons. The minimum absolute atomic E-state index is 0.118. The number of hydrogen-bond acceptors (Lipinski definition) is 4. The maximum atomic E-state index is 12.2. The molecule has 0 saturated carbocycles. The van der Waals surface area contributed by atoms with Gasteiger partial charge in [-0.2, -0.15) is 11.8 Å². The van der Waals surface area contributed by atoms with Gasteiger partial charge in [-0.15, -0.1) is 0 Å². The normalized spacial score (nSPS) is 17.3. The summed E-state index contributed by atoms with van der Waals surface area (Å²) in [6, 6.07) is 8.10. The first-order valence-corrected chi connectivity index (χ1v) is 9.15. The van der Waals surface area contributed by atoms with Crippen molar-refractivity contribution in [1.82, 2.24) is 4.90 Å². The monoisotopic (exact) mass is 323 g/mol. The molecular formula is C17H25NO3S. The van der Waals surface area contributed by atoms with E-state index < -0.39 is 6.10 Å². The van der Waals surface area contributed by atoms with E-state index >= 15 is 0 Å². The number of carbonyl (C=O) groups is 1. The van der Waals surface area contributed by atoms with Crippen LogP contribution in [0.15, 0.2) is 24.3 Å². The van der Waals surface area contributed by atoms with Crippen molar-refractivity contribution in [2.75, 3.05) is 32.2 Å². The van der Waals surface area contributed by atoms with Crippen molar-refractivity contribution in [3.05, 3.63) is 29.8 Å². The Kier molecular flexibility index (Phi) is 6.58. The highest BCUT2D eigenvalue weighted by Gasteiger charge is 2.28. The predicted octanol–water partition coefficient (Wildman–Crippen LogP) is 2.52. The number of aliphatic hydroxyl groups is 1. The SMILES string of the molecule is COc1ccccc1C1CCN(C(=O)[C@H](O)CCSC)CC1. The summed E-state index contributed by atoms with van der Waals surface area (Å²) < 4.78 is 5.43. The minimum Gasteiger partial charge on any atom is -0.496 e. The van der Waals surface area contributed by atoms with Crippen molar-refractivity contribution in [2.24, 2.45) is 0 Å². The Morgan fingerprint density at radius 2 is 2.09 bits per heavy atom. The summed E-state index contributed by atoms with van der Waals surface area (Å²) in [6.45, 7) is 1.41. The van der Waals surface area contributed by atoms with E-state index in [-0.39, 0.29) is 5.91 Å². The van der Waals surface area contributed by atoms with Gasteiger partial charge in [-0.05, 0) is 48.8 Å². The molecule has 1 aromatic carbocycles. The van der Waals surface area contributed by atoms with Crippen molar-refractivity contribution in [2.45, 2.75) is 31.3 Å². The number of ether oxygens (including phenoxy) is 1. The van der Waals surface area contributed by atoms with Crippen molar-refractivity contribution >= 4 is 17.7 Å². The number of likely N-dealkylation sites (tertiary alicyclic amines) is 1. The summed E-state index contributed by atoms with van der Waals surface area (Å²) in [6.07, 6.45) is 3.50. The Bertz CT molecular complexity index is 487. The number of amides is 1. The van der Waals surface area contributed by atoms with Gasteiger partial charge in [0.15, 0.2) is 0 Å². The van der Waals surface area contributed by atoms with Gasteiger partial charge in [-0.1, -0.05) is 18.2 Å². The topological polar surface area (TPSA) is 49.8 Å². The number of thioether (sulfide) groups is 1. The Balaban J connectivity index is 1.91. The lowest BCUT2D eigenvalue weighted by Gasteiger charge is -2.33. The third-order valence-corrected chi connectivity index (χ3v) is 4.91. The first-order valence-electron chi connectivity index (χ1n) is 7.76. The largest absolute Gasteiger partial charge is 0.496 e. The average Bonchev–Trinajstić information content (AvgIpc) is 2.59. The molecule has 5 heteroatoms. The van der Waals surface area contributed by atoms with Gasteiger partial charge in [0.05, 0.1) is 7.11 Å². The Hall–Kier alpha value is -1.20. The van der Waals surface area contributed by atoms with Crippen LogP contribution in [0.2, 0.25) is 0 Å². The molecule has 0 bridgehead atoms. The molecule has 1 atom stereocenters. The van der Waals surface area contributed by atoms with E-state index in [1.165, 1.54) is 5.56 Å². The van der Waals surface area contributed by atoms with E-state index in [0.29, 0.717) is 25.4 Å². The lowest BCUT2D eigenvalue weighted by atomic mass is 9.88. The number of aliphatic hydroxyl groups excluding tert-OH is 1. The number of benzene rings is 1. The fraction of sp³-hybridized carbons (Fsp3) is 0.588. The lowest BCUT2D eigenvalue weighted by molar-refractivity contribution is -0.141. The van der Waals surface area contributed by atoms with Gasteiger partial charge in [-0.3, -0.25) is 4.79 Å². The second-order valence-corrected chi connectivity index (χ2v) is 6.62. The molecule has 1 fully saturated rings. The van der Waals surface area contributed by atoms with Crippen LogP contribution in [0.3, 0.4) is 0 Å². The summed E-state index contributed by atoms with van der Waals surface area (Å²) in [7, 11) is 1.69. The first-order chi connectivity index (χ1) is 10.7. The Labute approximate surface area is 136 Å². The number of methoxy groups -OCH3 is 1. The second kappa shape index (κ2) is 8.44. The Morgan fingerprint density at radius 3 is 2.73 bits per heavy atom. The first kappa shape index (κ1) is 17.2. The van der Waals surface area contributed by atoms with E-state index in [2.05, 4.69) is 6.07 Å². The third-order valence-electron chi connectivity index (χ3n) is 4.27. The Morgan fingerprint density at radius 1 is 1.41 bits per heavy atom. The van der Waals surface area contributed by atoms with Gasteiger partial charge in [0, 0.05) is 13.1 Å². The van der Waals surface area contributed by atoms with E-state index in [1.807, 2.05) is 24.5 Å². The van der Waals surface area contributed by atoms with E-state index in [1.54, 1.807) is 23.8 Å². The van der Waals surface area contributed by atoms with Crippen LogP contribution in [-0.4, -0.2) is 54.2 Å². The fourth-order valence-corrected chi connectivity index (χ4v) is 3.44. The van der Waals surface area contributed by atoms with Crippen LogP contribution in [-0.2, 0) is 4.79 Å². The smallest absolute Gasteiger partial charge is 0.251 e. The molecule has 0 aromatic heterocycles. The molecule has 1 aliphatic heterocycles. The van der Waals surface area contributed by atoms with Gasteiger partial charge in [0.1, 0.15) is 11.9 Å². The molecule has 1 amide bonds. The van der Waals surface area contributed by atoms with Crippen molar-refractivity contribution in [3.8, 4) is 5.75 Å². The van der Waals surface area contributed by atoms with Gasteiger partial charge in [-0.25, -0.2) is 0 Å². The van der Waals surface area contributed by atoms with Gasteiger partial charge >= 0.3 is 0 Å². The van der Waals surface area contributed by atoms with Crippen LogP contribution in [0.4, 0.5) is 0 Å². The number of hydrogen-bond donors (Lipinski definition) is 1. The molecule has 1 aliphatic rings. The van der Waals surface area contributed by atoms with E-state index in [9.17, 15) is 9.90 Å². The quantitative estimate of drug-likeness (QED) is 0.874. The third kappa shape index (κ3) is 4.17. The summed E-state index contributed by atoms with van der Waals surface area (Å²) in [5, 5.41) is 9.94. The summed E-state index contributed by atoms with van der Waals surface area (Å²) in [5.74, 6) is 2.04. The molecule has 1 N–H and O–H groups in total. The number of rotatable bonds is 6. The standard InChI is InChI=1S/C17H25NO3S/c1-21-16-6-4-3-5-14(16)13-7-10-18(11-8-13)17(20)15(19)9-12-22-2/h3-6,13,15,19H,7-12H2,1-2H3/t15-/m1/s1. The highest BCUT2D eigenvalue weighted by atomic mass is 32.2. The van der Waals surface area contributed by atoms with E-state index in [0.717, 1.165) is 24.3 Å². The number of para-hydroxylation sites is 1. The fourth-order valence-electron chi connectivity index (χ4n) is 2.98. The van der Waals surface area contributed by atoms with Crippen molar-refractivity contribution < 1.29 is 14.6 Å². The summed E-state index contributed by atoms with van der Waals surface area (Å²) >= 11 is 1.65. The van der Waals surface area contributed by atoms with Crippen molar-refractivity contribution in [1.29, 1.82) is 0 Å². The summed E-state index contributed by atoms with van der Waals surface area (Å²) in [4.78, 5) is 14.0. The lowest BCUT2D eigenvalue weighted by Crippen LogP contribution is -2.43. The zero-order chi connectivity index (χ0) is 15.9. The molecule has 0 radical (unpaired) electrons. The van der Waals surface area contributed by atoms with Crippen LogP contribution in [0.5, 0.6) is 5.75 Å². The van der Waals surface area contributed by atoms with Crippen molar-refractivity contribution in [3.63, 3.8) is 0 Å². The van der Waals surface area contributed by atoms with Crippen LogP contribution in [0.25, 0.3) is 0 Å². The molecule has 0 unspecified atom stereocenters. The number of piperidine rings is 1. The molecule has 1 heterocycles. The molecular weight excluding hydrogens is 298 g/mol. The van der Waals surface area contributed by atoms with Crippen LogP contribution in [0.1, 0.15) is 30.7 Å². The molecule has 1 aromatic rings. The maximum absolute atomic E-state index is 12.2. The second-order valence-electron chi connectivity index (χ2n) is 5.64. The van der Waals surface area contributed by atoms with Crippen LogP contribution >= 0.6 is 11.8 Å². The van der Waals surface area contributed by atoms with Gasteiger partial charge < -0.3 is 14.7 Å². The number of nitrogens with zero attached hydrogens (tertiary/aromatic N) is 1. The van der Waals surface area contributed by atoms with Gasteiger partial charge in [0.25, 0.3) is 5.91 Å². The highest BCUT2D eigenvalue weighted by molar-refractivity contribution is 7.98. The van der Waals surface area contributed by atoms with Crippen LogP contribution < -0.4 is 4.74 Å². The number of carbonyl (C=O) groups excluding carboxylic acids is 1.